The van der Waals surface area contributed by atoms with E-state index in [1.165, 1.54) is 6.92 Å². The zero-order chi connectivity index (χ0) is 11.9. The summed E-state index contributed by atoms with van der Waals surface area (Å²) >= 11 is 0. The van der Waals surface area contributed by atoms with Gasteiger partial charge in [-0.3, -0.25) is 4.79 Å². The Labute approximate surface area is 95.6 Å². The van der Waals surface area contributed by atoms with Crippen molar-refractivity contribution in [1.82, 2.24) is 0 Å². The Morgan fingerprint density at radius 1 is 1.44 bits per heavy atom. The van der Waals surface area contributed by atoms with Crippen molar-refractivity contribution in [2.45, 2.75) is 38.8 Å². The second-order valence-electron chi connectivity index (χ2n) is 4.59. The molecule has 0 unspecified atom stereocenters. The van der Waals surface area contributed by atoms with Crippen LogP contribution in [0.1, 0.15) is 20.8 Å². The molecule has 16 heavy (non-hydrogen) atoms. The van der Waals surface area contributed by atoms with E-state index in [9.17, 15) is 4.79 Å². The summed E-state index contributed by atoms with van der Waals surface area (Å²) in [7, 11) is 1.62. The van der Waals surface area contributed by atoms with Gasteiger partial charge in [0, 0.05) is 20.0 Å². The molecular weight excluding hydrogens is 208 g/mol. The molecule has 0 radical (unpaired) electrons. The van der Waals surface area contributed by atoms with Crippen LogP contribution in [0.2, 0.25) is 0 Å². The first-order valence-corrected chi connectivity index (χ1v) is 5.59. The van der Waals surface area contributed by atoms with E-state index in [0.717, 1.165) is 0 Å². The summed E-state index contributed by atoms with van der Waals surface area (Å²) < 4.78 is 16.7. The van der Waals surface area contributed by atoms with Crippen LogP contribution in [0.25, 0.3) is 0 Å². The maximum Gasteiger partial charge on any atom is 0.302 e. The molecule has 2 heterocycles. The van der Waals surface area contributed by atoms with Crippen molar-refractivity contribution >= 4 is 5.97 Å². The van der Waals surface area contributed by atoms with Gasteiger partial charge in [0.15, 0.2) is 5.79 Å². The number of carbonyl (C=O) groups is 1. The van der Waals surface area contributed by atoms with E-state index in [2.05, 4.69) is 0 Å². The van der Waals surface area contributed by atoms with Crippen LogP contribution in [0, 0.1) is 11.8 Å². The fourth-order valence-electron chi connectivity index (χ4n) is 2.64. The molecule has 0 spiro atoms. The maximum absolute atomic E-state index is 11.1. The van der Waals surface area contributed by atoms with E-state index in [1.54, 1.807) is 7.11 Å². The van der Waals surface area contributed by atoms with Gasteiger partial charge in [0.2, 0.25) is 0 Å². The zero-order valence-corrected chi connectivity index (χ0v) is 10.1. The summed E-state index contributed by atoms with van der Waals surface area (Å²) in [5.74, 6) is -0.833. The van der Waals surface area contributed by atoms with Crippen molar-refractivity contribution in [1.29, 1.82) is 0 Å². The molecule has 2 rings (SSSR count). The normalized spacial score (nSPS) is 45.8. The number of methoxy groups -OCH3 is 1. The molecule has 0 N–H and O–H groups in total. The summed E-state index contributed by atoms with van der Waals surface area (Å²) in [6, 6.07) is 0. The molecule has 1 saturated heterocycles. The van der Waals surface area contributed by atoms with Crippen LogP contribution >= 0.6 is 0 Å². The quantitative estimate of drug-likeness (QED) is 0.528. The van der Waals surface area contributed by atoms with Gasteiger partial charge in [-0.05, 0) is 6.08 Å². The monoisotopic (exact) mass is 226 g/mol. The average Bonchev–Trinajstić information content (AvgIpc) is 2.65. The number of ether oxygens (including phenoxy) is 3. The van der Waals surface area contributed by atoms with Crippen molar-refractivity contribution in [2.24, 2.45) is 11.8 Å². The molecule has 0 aromatic carbocycles. The van der Waals surface area contributed by atoms with Gasteiger partial charge in [0.1, 0.15) is 6.10 Å². The third-order valence-electron chi connectivity index (χ3n) is 3.62. The second-order valence-corrected chi connectivity index (χ2v) is 4.59. The van der Waals surface area contributed by atoms with Gasteiger partial charge >= 0.3 is 5.97 Å². The van der Waals surface area contributed by atoms with Crippen LogP contribution in [0.15, 0.2) is 12.2 Å². The predicted molar refractivity (Wildman–Crippen MR) is 57.6 cm³/mol. The first-order valence-electron chi connectivity index (χ1n) is 5.59. The first kappa shape index (κ1) is 11.6. The average molecular weight is 226 g/mol. The maximum atomic E-state index is 11.1. The highest BCUT2D eigenvalue weighted by Crippen LogP contribution is 2.44. The zero-order valence-electron chi connectivity index (χ0n) is 10.1. The summed E-state index contributed by atoms with van der Waals surface area (Å²) in [4.78, 5) is 11.1. The molecule has 4 nitrogen and oxygen atoms in total. The highest BCUT2D eigenvalue weighted by Gasteiger charge is 2.54. The smallest absolute Gasteiger partial charge is 0.302 e. The number of esters is 1. The fourth-order valence-corrected chi connectivity index (χ4v) is 2.64. The highest BCUT2D eigenvalue weighted by atomic mass is 16.7. The summed E-state index contributed by atoms with van der Waals surface area (Å²) in [6.07, 6.45) is 3.74. The number of carbonyl (C=O) groups excluding carboxylic acids is 1. The van der Waals surface area contributed by atoms with Crippen LogP contribution < -0.4 is 0 Å². The Morgan fingerprint density at radius 2 is 2.12 bits per heavy atom. The highest BCUT2D eigenvalue weighted by molar-refractivity contribution is 5.66. The van der Waals surface area contributed by atoms with E-state index in [4.69, 9.17) is 14.2 Å². The molecular formula is C12H18O4. The second kappa shape index (κ2) is 3.86. The van der Waals surface area contributed by atoms with Crippen LogP contribution in [0.3, 0.4) is 0 Å². The molecule has 0 aromatic rings. The molecule has 0 aromatic heterocycles. The Bertz CT molecular complexity index is 325. The fraction of sp³-hybridized carbons (Fsp3) is 0.750. The molecule has 0 saturated carbocycles. The number of fused-ring (bicyclic) bond motifs is 2. The lowest BCUT2D eigenvalue weighted by Crippen LogP contribution is -2.54. The molecule has 4 heteroatoms. The first-order chi connectivity index (χ1) is 7.50. The van der Waals surface area contributed by atoms with Crippen molar-refractivity contribution in [3.05, 3.63) is 12.2 Å². The Morgan fingerprint density at radius 3 is 2.69 bits per heavy atom. The number of hydrogen-bond acceptors (Lipinski definition) is 4. The van der Waals surface area contributed by atoms with Crippen LogP contribution in [-0.2, 0) is 19.0 Å². The van der Waals surface area contributed by atoms with E-state index in [-0.39, 0.29) is 30.0 Å². The number of hydrogen-bond donors (Lipinski definition) is 0. The lowest BCUT2D eigenvalue weighted by Gasteiger charge is -2.45. The minimum Gasteiger partial charge on any atom is -0.462 e. The van der Waals surface area contributed by atoms with Crippen molar-refractivity contribution in [2.75, 3.05) is 7.11 Å². The third kappa shape index (κ3) is 1.57. The van der Waals surface area contributed by atoms with Gasteiger partial charge in [-0.2, -0.15) is 0 Å². The van der Waals surface area contributed by atoms with Crippen LogP contribution in [0.5, 0.6) is 0 Å². The topological polar surface area (TPSA) is 44.8 Å². The third-order valence-corrected chi connectivity index (χ3v) is 3.62. The summed E-state index contributed by atoms with van der Waals surface area (Å²) in [5, 5.41) is 0. The predicted octanol–water partition coefficient (Wildman–Crippen LogP) is 1.50. The SMILES string of the molecule is CO[C@]12C=C[C@H](O1)[C@H](C)[C@H](OC(C)=O)[C@@H]2C. The van der Waals surface area contributed by atoms with Gasteiger partial charge in [0.05, 0.1) is 12.0 Å². The van der Waals surface area contributed by atoms with Gasteiger partial charge in [0.25, 0.3) is 0 Å². The molecule has 2 aliphatic heterocycles. The molecule has 2 bridgehead atoms. The van der Waals surface area contributed by atoms with Gasteiger partial charge in [-0.15, -0.1) is 0 Å². The Balaban J connectivity index is 2.25. The molecule has 2 aliphatic rings. The van der Waals surface area contributed by atoms with Gasteiger partial charge in [-0.25, -0.2) is 0 Å². The van der Waals surface area contributed by atoms with Crippen molar-refractivity contribution in [3.63, 3.8) is 0 Å². The molecule has 5 atom stereocenters. The van der Waals surface area contributed by atoms with E-state index in [1.807, 2.05) is 26.0 Å². The van der Waals surface area contributed by atoms with Crippen LogP contribution in [-0.4, -0.2) is 31.1 Å². The van der Waals surface area contributed by atoms with Gasteiger partial charge in [-0.1, -0.05) is 19.9 Å². The van der Waals surface area contributed by atoms with Crippen LogP contribution in [0.4, 0.5) is 0 Å². The Kier molecular flexibility index (Phi) is 2.80. The molecule has 0 aliphatic carbocycles. The lowest BCUT2D eigenvalue weighted by molar-refractivity contribution is -0.282. The Hall–Kier alpha value is -0.870. The summed E-state index contributed by atoms with van der Waals surface area (Å²) in [5.41, 5.74) is 0. The largest absolute Gasteiger partial charge is 0.462 e. The van der Waals surface area contributed by atoms with Gasteiger partial charge < -0.3 is 14.2 Å². The van der Waals surface area contributed by atoms with E-state index >= 15 is 0 Å². The summed E-state index contributed by atoms with van der Waals surface area (Å²) in [6.45, 7) is 5.45. The lowest BCUT2D eigenvalue weighted by atomic mass is 9.84. The molecule has 0 amide bonds. The van der Waals surface area contributed by atoms with Crippen molar-refractivity contribution in [3.8, 4) is 0 Å². The minimum atomic E-state index is -0.725. The molecule has 1 fully saturated rings. The standard InChI is InChI=1S/C12H18O4/c1-7-10-5-6-12(14-4,16-10)8(2)11(7)15-9(3)13/h5-8,10-11H,1-4H3/t7-,8-,10-,11-,12+/m0/s1. The number of rotatable bonds is 2. The van der Waals surface area contributed by atoms with E-state index < -0.39 is 5.79 Å². The minimum absolute atomic E-state index is 0.00796. The van der Waals surface area contributed by atoms with Crippen molar-refractivity contribution < 1.29 is 19.0 Å². The molecule has 90 valence electrons. The van der Waals surface area contributed by atoms with E-state index in [0.29, 0.717) is 0 Å².